The van der Waals surface area contributed by atoms with E-state index in [0.29, 0.717) is 11.5 Å². The van der Waals surface area contributed by atoms with E-state index in [4.69, 9.17) is 10.00 Å². The van der Waals surface area contributed by atoms with E-state index in [0.717, 1.165) is 17.7 Å². The van der Waals surface area contributed by atoms with Crippen LogP contribution in [-0.4, -0.2) is 5.60 Å². The first-order valence-corrected chi connectivity index (χ1v) is 6.25. The summed E-state index contributed by atoms with van der Waals surface area (Å²) in [6.45, 7) is 10.4. The second kappa shape index (κ2) is 5.23. The minimum Gasteiger partial charge on any atom is -0.488 e. The fourth-order valence-electron chi connectivity index (χ4n) is 2.28. The van der Waals surface area contributed by atoms with Crippen molar-refractivity contribution in [2.75, 3.05) is 0 Å². The summed E-state index contributed by atoms with van der Waals surface area (Å²) in [6.07, 6.45) is 0.995. The molecule has 17 heavy (non-hydrogen) atoms. The zero-order valence-electron chi connectivity index (χ0n) is 11.4. The van der Waals surface area contributed by atoms with Crippen LogP contribution in [0.2, 0.25) is 0 Å². The van der Waals surface area contributed by atoms with Gasteiger partial charge in [-0.15, -0.1) is 0 Å². The van der Waals surface area contributed by atoms with Crippen molar-refractivity contribution in [2.24, 2.45) is 0 Å². The predicted molar refractivity (Wildman–Crippen MR) is 70.2 cm³/mol. The number of hydrogen-bond donors (Lipinski definition) is 0. The summed E-state index contributed by atoms with van der Waals surface area (Å²) >= 11 is 0. The van der Waals surface area contributed by atoms with Gasteiger partial charge < -0.3 is 4.74 Å². The number of rotatable bonds is 0. The fraction of sp³-hybridized carbons (Fsp3) is 0.533. The van der Waals surface area contributed by atoms with Crippen molar-refractivity contribution in [2.45, 2.75) is 52.6 Å². The third-order valence-electron chi connectivity index (χ3n) is 2.85. The summed E-state index contributed by atoms with van der Waals surface area (Å²) in [4.78, 5) is 0. The van der Waals surface area contributed by atoms with Crippen LogP contribution in [-0.2, 0) is 0 Å². The highest BCUT2D eigenvalue weighted by Crippen LogP contribution is 2.40. The zero-order chi connectivity index (χ0) is 13.1. The summed E-state index contributed by atoms with van der Waals surface area (Å²) in [5.74, 6) is 1.38. The first kappa shape index (κ1) is 13.6. The minimum absolute atomic E-state index is 0.0967. The monoisotopic (exact) mass is 231 g/mol. The molecule has 1 aliphatic rings. The average molecular weight is 231 g/mol. The van der Waals surface area contributed by atoms with Gasteiger partial charge in [-0.3, -0.25) is 0 Å². The Hall–Kier alpha value is -1.49. The van der Waals surface area contributed by atoms with Gasteiger partial charge in [-0.25, -0.2) is 0 Å². The normalized spacial score (nSPS) is 20.1. The molecule has 0 radical (unpaired) electrons. The molecule has 0 saturated carbocycles. The Morgan fingerprint density at radius 2 is 2.00 bits per heavy atom. The summed E-state index contributed by atoms with van der Waals surface area (Å²) in [6, 6.07) is 7.82. The number of hydrogen-bond acceptors (Lipinski definition) is 2. The largest absolute Gasteiger partial charge is 0.488 e. The van der Waals surface area contributed by atoms with Gasteiger partial charge in [0.1, 0.15) is 11.4 Å². The van der Waals surface area contributed by atoms with Gasteiger partial charge in [0.25, 0.3) is 0 Å². The highest BCUT2D eigenvalue weighted by molar-refractivity contribution is 5.45. The SMILES string of the molecule is CC.C[C@H]1CC(C)(C)Oc2ccc(C#N)cc21. The molecule has 0 fully saturated rings. The van der Waals surface area contributed by atoms with E-state index in [-0.39, 0.29) is 5.60 Å². The van der Waals surface area contributed by atoms with Crippen LogP contribution in [0.15, 0.2) is 18.2 Å². The van der Waals surface area contributed by atoms with E-state index >= 15 is 0 Å². The van der Waals surface area contributed by atoms with E-state index in [2.05, 4.69) is 26.8 Å². The predicted octanol–water partition coefficient (Wildman–Crippen LogP) is 4.25. The maximum Gasteiger partial charge on any atom is 0.123 e. The molecule has 2 rings (SSSR count). The lowest BCUT2D eigenvalue weighted by atomic mass is 9.85. The molecule has 1 aromatic rings. The molecule has 0 bridgehead atoms. The topological polar surface area (TPSA) is 33.0 Å². The standard InChI is InChI=1S/C13H15NO.C2H6/c1-9-7-13(2,3)15-12-5-4-10(8-14)6-11(9)12;1-2/h4-6,9H,7H2,1-3H3;1-2H3/t9-;/m0./s1. The number of benzene rings is 1. The van der Waals surface area contributed by atoms with Gasteiger partial charge in [-0.1, -0.05) is 20.8 Å². The molecular weight excluding hydrogens is 210 g/mol. The minimum atomic E-state index is -0.0967. The maximum absolute atomic E-state index is 8.84. The maximum atomic E-state index is 8.84. The zero-order valence-corrected chi connectivity index (χ0v) is 11.4. The molecule has 0 unspecified atom stereocenters. The molecular formula is C15H21NO. The summed E-state index contributed by atoms with van der Waals surface area (Å²) < 4.78 is 5.88. The van der Waals surface area contributed by atoms with E-state index in [1.54, 1.807) is 0 Å². The molecule has 2 nitrogen and oxygen atoms in total. The van der Waals surface area contributed by atoms with Crippen LogP contribution in [0.3, 0.4) is 0 Å². The molecule has 0 amide bonds. The summed E-state index contributed by atoms with van der Waals surface area (Å²) in [5, 5.41) is 8.84. The number of nitrogens with zero attached hydrogens (tertiary/aromatic N) is 1. The van der Waals surface area contributed by atoms with Crippen LogP contribution in [0.1, 0.15) is 58.1 Å². The van der Waals surface area contributed by atoms with Crippen molar-refractivity contribution in [1.82, 2.24) is 0 Å². The second-order valence-electron chi connectivity index (χ2n) is 4.83. The summed E-state index contributed by atoms with van der Waals surface area (Å²) in [5.41, 5.74) is 1.78. The first-order chi connectivity index (χ1) is 8.02. The number of fused-ring (bicyclic) bond motifs is 1. The van der Waals surface area contributed by atoms with Crippen molar-refractivity contribution in [1.29, 1.82) is 5.26 Å². The first-order valence-electron chi connectivity index (χ1n) is 6.25. The van der Waals surface area contributed by atoms with Crippen LogP contribution in [0, 0.1) is 11.3 Å². The van der Waals surface area contributed by atoms with Gasteiger partial charge >= 0.3 is 0 Å². The molecule has 0 aliphatic carbocycles. The fourth-order valence-corrected chi connectivity index (χ4v) is 2.28. The molecule has 92 valence electrons. The van der Waals surface area contributed by atoms with Gasteiger partial charge in [-0.2, -0.15) is 5.26 Å². The van der Waals surface area contributed by atoms with Crippen molar-refractivity contribution in [3.05, 3.63) is 29.3 Å². The lowest BCUT2D eigenvalue weighted by molar-refractivity contribution is 0.0746. The van der Waals surface area contributed by atoms with Crippen molar-refractivity contribution < 1.29 is 4.74 Å². The van der Waals surface area contributed by atoms with Crippen molar-refractivity contribution >= 4 is 0 Å². The van der Waals surface area contributed by atoms with Crippen molar-refractivity contribution in [3.8, 4) is 11.8 Å². The molecule has 0 aromatic heterocycles. The van der Waals surface area contributed by atoms with Gasteiger partial charge in [-0.05, 0) is 49.9 Å². The van der Waals surface area contributed by atoms with E-state index in [1.807, 2.05) is 32.0 Å². The smallest absolute Gasteiger partial charge is 0.123 e. The number of ether oxygens (including phenoxy) is 1. The van der Waals surface area contributed by atoms with Crippen LogP contribution in [0.4, 0.5) is 0 Å². The van der Waals surface area contributed by atoms with Gasteiger partial charge in [0, 0.05) is 0 Å². The van der Waals surface area contributed by atoms with E-state index in [1.165, 1.54) is 0 Å². The van der Waals surface area contributed by atoms with Gasteiger partial charge in [0.2, 0.25) is 0 Å². The molecule has 0 N–H and O–H groups in total. The van der Waals surface area contributed by atoms with Crippen LogP contribution in [0.5, 0.6) is 5.75 Å². The Morgan fingerprint density at radius 3 is 2.59 bits per heavy atom. The lowest BCUT2D eigenvalue weighted by Gasteiger charge is -2.36. The Labute approximate surface area is 104 Å². The Bertz CT molecular complexity index is 429. The van der Waals surface area contributed by atoms with Crippen LogP contribution in [0.25, 0.3) is 0 Å². The molecule has 1 atom stereocenters. The van der Waals surface area contributed by atoms with Crippen molar-refractivity contribution in [3.63, 3.8) is 0 Å². The summed E-state index contributed by atoms with van der Waals surface area (Å²) in [7, 11) is 0. The lowest BCUT2D eigenvalue weighted by Crippen LogP contribution is -2.34. The highest BCUT2D eigenvalue weighted by atomic mass is 16.5. The van der Waals surface area contributed by atoms with E-state index in [9.17, 15) is 0 Å². The molecule has 1 heterocycles. The van der Waals surface area contributed by atoms with Gasteiger partial charge in [0.05, 0.1) is 11.6 Å². The third-order valence-corrected chi connectivity index (χ3v) is 2.85. The Kier molecular flexibility index (Phi) is 4.17. The highest BCUT2D eigenvalue weighted by Gasteiger charge is 2.31. The van der Waals surface area contributed by atoms with Crippen LogP contribution < -0.4 is 4.74 Å². The quantitative estimate of drug-likeness (QED) is 0.668. The molecule has 0 saturated heterocycles. The molecule has 1 aromatic carbocycles. The molecule has 0 spiro atoms. The second-order valence-corrected chi connectivity index (χ2v) is 4.83. The van der Waals surface area contributed by atoms with E-state index < -0.39 is 0 Å². The number of nitriles is 1. The third kappa shape index (κ3) is 3.00. The average Bonchev–Trinajstić information content (AvgIpc) is 2.30. The van der Waals surface area contributed by atoms with Crippen LogP contribution >= 0.6 is 0 Å². The van der Waals surface area contributed by atoms with Gasteiger partial charge in [0.15, 0.2) is 0 Å². The Morgan fingerprint density at radius 1 is 1.35 bits per heavy atom. The Balaban J connectivity index is 0.000000686. The molecule has 1 aliphatic heterocycles. The molecule has 2 heteroatoms.